The van der Waals surface area contributed by atoms with Crippen LogP contribution in [0.3, 0.4) is 0 Å². The fraction of sp³-hybridized carbons (Fsp3) is 0.250. The van der Waals surface area contributed by atoms with E-state index in [2.05, 4.69) is 0 Å². The third-order valence-corrected chi connectivity index (χ3v) is 1.83. The first kappa shape index (κ1) is 13.5. The highest BCUT2D eigenvalue weighted by Crippen LogP contribution is 2.23. The van der Waals surface area contributed by atoms with Gasteiger partial charge in [-0.1, -0.05) is 17.7 Å². The maximum absolute atomic E-state index is 13.0. The number of benzene rings is 1. The Morgan fingerprint density at radius 1 is 1.29 bits per heavy atom. The van der Waals surface area contributed by atoms with Gasteiger partial charge < -0.3 is 5.73 Å². The normalized spacial score (nSPS) is 12.4. The van der Waals surface area contributed by atoms with Gasteiger partial charge in [-0.25, -0.2) is 13.2 Å². The Bertz CT molecular complexity index is 307. The molecule has 0 aliphatic heterocycles. The Labute approximate surface area is 90.5 Å². The van der Waals surface area contributed by atoms with Crippen molar-refractivity contribution in [2.75, 3.05) is 0 Å². The van der Waals surface area contributed by atoms with E-state index in [1.165, 1.54) is 6.07 Å². The molecule has 0 spiro atoms. The third kappa shape index (κ3) is 3.04. The lowest BCUT2D eigenvalue weighted by atomic mass is 10.1. The Hall–Kier alpha value is -0.450. The van der Waals surface area contributed by atoms with Crippen molar-refractivity contribution in [1.29, 1.82) is 0 Å². The van der Waals surface area contributed by atoms with Gasteiger partial charge in [-0.2, -0.15) is 0 Å². The van der Waals surface area contributed by atoms with Gasteiger partial charge >= 0.3 is 0 Å². The van der Waals surface area contributed by atoms with Crippen molar-refractivity contribution >= 4 is 24.0 Å². The van der Waals surface area contributed by atoms with Crippen molar-refractivity contribution in [3.8, 4) is 0 Å². The van der Waals surface area contributed by atoms with Crippen LogP contribution in [0.15, 0.2) is 18.2 Å². The molecule has 0 unspecified atom stereocenters. The first-order valence-electron chi connectivity index (χ1n) is 3.51. The van der Waals surface area contributed by atoms with E-state index in [0.29, 0.717) is 0 Å². The van der Waals surface area contributed by atoms with E-state index in [1.54, 1.807) is 0 Å². The lowest BCUT2D eigenvalue weighted by Gasteiger charge is -2.11. The number of halogens is 5. The molecule has 0 amide bonds. The first-order chi connectivity index (χ1) is 6.02. The van der Waals surface area contributed by atoms with E-state index < -0.39 is 18.3 Å². The second kappa shape index (κ2) is 5.44. The highest BCUT2D eigenvalue weighted by Gasteiger charge is 2.20. The van der Waals surface area contributed by atoms with Crippen LogP contribution < -0.4 is 5.73 Å². The number of nitrogens with two attached hydrogens (primary N) is 1. The van der Waals surface area contributed by atoms with Gasteiger partial charge in [0.05, 0.1) is 6.04 Å². The van der Waals surface area contributed by atoms with Crippen molar-refractivity contribution in [3.05, 3.63) is 34.6 Å². The van der Waals surface area contributed by atoms with E-state index in [-0.39, 0.29) is 23.0 Å². The minimum atomic E-state index is -2.78. The Kier molecular flexibility index (Phi) is 5.26. The molecule has 1 nitrogen and oxygen atoms in total. The molecule has 0 heterocycles. The summed E-state index contributed by atoms with van der Waals surface area (Å²) in [6, 6.07) is 1.84. The minimum absolute atomic E-state index is 0. The molecule has 0 radical (unpaired) electrons. The van der Waals surface area contributed by atoms with E-state index in [1.807, 2.05) is 0 Å². The summed E-state index contributed by atoms with van der Waals surface area (Å²) < 4.78 is 37.1. The number of rotatable bonds is 2. The molecule has 0 aliphatic carbocycles. The van der Waals surface area contributed by atoms with Crippen molar-refractivity contribution < 1.29 is 13.2 Å². The molecule has 2 N–H and O–H groups in total. The quantitative estimate of drug-likeness (QED) is 0.852. The second-order valence-corrected chi connectivity index (χ2v) is 2.96. The standard InChI is InChI=1S/C8H7ClF3N.ClH/c9-4-1-2-5(6(10)3-4)7(13)8(11)12;/h1-3,7-8H,13H2;1H/t7-;/m1./s1. The fourth-order valence-corrected chi connectivity index (χ4v) is 1.07. The molecule has 0 saturated heterocycles. The van der Waals surface area contributed by atoms with Crippen molar-refractivity contribution in [2.45, 2.75) is 12.5 Å². The van der Waals surface area contributed by atoms with Gasteiger partial charge in [0.25, 0.3) is 6.43 Å². The molecular formula is C8H8Cl2F3N. The maximum atomic E-state index is 13.0. The summed E-state index contributed by atoms with van der Waals surface area (Å²) in [6.07, 6.45) is -2.78. The molecule has 80 valence electrons. The highest BCUT2D eigenvalue weighted by atomic mass is 35.5. The van der Waals surface area contributed by atoms with Gasteiger partial charge in [-0.3, -0.25) is 0 Å². The van der Waals surface area contributed by atoms with Crippen LogP contribution in [-0.4, -0.2) is 6.43 Å². The van der Waals surface area contributed by atoms with Crippen LogP contribution in [0.1, 0.15) is 11.6 Å². The molecule has 0 fully saturated rings. The van der Waals surface area contributed by atoms with Crippen LogP contribution in [0, 0.1) is 5.82 Å². The summed E-state index contributed by atoms with van der Waals surface area (Å²) >= 11 is 5.43. The molecule has 6 heteroatoms. The Morgan fingerprint density at radius 2 is 1.86 bits per heavy atom. The summed E-state index contributed by atoms with van der Waals surface area (Å²) in [5, 5.41) is 0.155. The van der Waals surface area contributed by atoms with Crippen LogP contribution in [0.2, 0.25) is 5.02 Å². The van der Waals surface area contributed by atoms with E-state index in [4.69, 9.17) is 17.3 Å². The lowest BCUT2D eigenvalue weighted by molar-refractivity contribution is 0.115. The van der Waals surface area contributed by atoms with Crippen LogP contribution in [-0.2, 0) is 0 Å². The molecule has 1 aromatic rings. The number of alkyl halides is 2. The van der Waals surface area contributed by atoms with Crippen LogP contribution in [0.5, 0.6) is 0 Å². The Morgan fingerprint density at radius 3 is 2.29 bits per heavy atom. The molecule has 0 aromatic heterocycles. The zero-order valence-corrected chi connectivity index (χ0v) is 8.46. The molecule has 14 heavy (non-hydrogen) atoms. The van der Waals surface area contributed by atoms with Gasteiger partial charge in [0.15, 0.2) is 0 Å². The van der Waals surface area contributed by atoms with Crippen LogP contribution in [0.4, 0.5) is 13.2 Å². The smallest absolute Gasteiger partial charge is 0.257 e. The zero-order chi connectivity index (χ0) is 10.0. The van der Waals surface area contributed by atoms with E-state index >= 15 is 0 Å². The molecule has 1 rings (SSSR count). The van der Waals surface area contributed by atoms with Crippen LogP contribution >= 0.6 is 24.0 Å². The summed E-state index contributed by atoms with van der Waals surface area (Å²) in [5.74, 6) is -0.805. The SMILES string of the molecule is Cl.N[C@H](c1ccc(Cl)cc1F)C(F)F. The fourth-order valence-electron chi connectivity index (χ4n) is 0.908. The molecule has 1 aromatic carbocycles. The average Bonchev–Trinajstić information content (AvgIpc) is 2.03. The predicted molar refractivity (Wildman–Crippen MR) is 51.6 cm³/mol. The van der Waals surface area contributed by atoms with Gasteiger partial charge in [-0.15, -0.1) is 12.4 Å². The minimum Gasteiger partial charge on any atom is -0.319 e. The third-order valence-electron chi connectivity index (χ3n) is 1.59. The summed E-state index contributed by atoms with van der Waals surface area (Å²) in [7, 11) is 0. The van der Waals surface area contributed by atoms with Crippen molar-refractivity contribution in [3.63, 3.8) is 0 Å². The van der Waals surface area contributed by atoms with Crippen molar-refractivity contribution in [2.24, 2.45) is 5.73 Å². The van der Waals surface area contributed by atoms with Crippen molar-refractivity contribution in [1.82, 2.24) is 0 Å². The summed E-state index contributed by atoms with van der Waals surface area (Å²) in [5.41, 5.74) is 4.83. The maximum Gasteiger partial charge on any atom is 0.257 e. The molecule has 1 atom stereocenters. The van der Waals surface area contributed by atoms with E-state index in [0.717, 1.165) is 12.1 Å². The number of hydrogen-bond acceptors (Lipinski definition) is 1. The van der Waals surface area contributed by atoms with Gasteiger partial charge in [0, 0.05) is 10.6 Å². The predicted octanol–water partition coefficient (Wildman–Crippen LogP) is 3.17. The average molecular weight is 246 g/mol. The summed E-state index contributed by atoms with van der Waals surface area (Å²) in [4.78, 5) is 0. The second-order valence-electron chi connectivity index (χ2n) is 2.53. The lowest BCUT2D eigenvalue weighted by Crippen LogP contribution is -2.20. The Balaban J connectivity index is 0.00000169. The van der Waals surface area contributed by atoms with Crippen LogP contribution in [0.25, 0.3) is 0 Å². The van der Waals surface area contributed by atoms with Gasteiger partial charge in [0.2, 0.25) is 0 Å². The molecular weight excluding hydrogens is 238 g/mol. The topological polar surface area (TPSA) is 26.0 Å². The van der Waals surface area contributed by atoms with E-state index in [9.17, 15) is 13.2 Å². The first-order valence-corrected chi connectivity index (χ1v) is 3.89. The summed E-state index contributed by atoms with van der Waals surface area (Å²) in [6.45, 7) is 0. The molecule has 0 bridgehead atoms. The molecule has 0 aliphatic rings. The monoisotopic (exact) mass is 245 g/mol. The number of hydrogen-bond donors (Lipinski definition) is 1. The zero-order valence-electron chi connectivity index (χ0n) is 6.88. The largest absolute Gasteiger partial charge is 0.319 e. The highest BCUT2D eigenvalue weighted by molar-refractivity contribution is 6.30. The van der Waals surface area contributed by atoms with Gasteiger partial charge in [0.1, 0.15) is 5.82 Å². The molecule has 0 saturated carbocycles. The van der Waals surface area contributed by atoms with Gasteiger partial charge in [-0.05, 0) is 12.1 Å².